The number of halogens is 3. The Kier molecular flexibility index (Phi) is 3.89. The average molecular weight is 288 g/mol. The summed E-state index contributed by atoms with van der Waals surface area (Å²) >= 11 is 0. The van der Waals surface area contributed by atoms with Crippen LogP contribution in [0.5, 0.6) is 5.75 Å². The molecule has 0 fully saturated rings. The van der Waals surface area contributed by atoms with Crippen LogP contribution in [-0.2, 0) is 0 Å². The molecule has 2 unspecified atom stereocenters. The topological polar surface area (TPSA) is 73.1 Å². The lowest BCUT2D eigenvalue weighted by Gasteiger charge is -2.18. The molecule has 1 aromatic heterocycles. The van der Waals surface area contributed by atoms with Crippen LogP contribution in [0.15, 0.2) is 30.6 Å². The standard InChI is InChI=1S/C11H11F3N4O2/c1-7(18-16-6-15-17-18)10(19)8-2-4-9(5-3-8)20-11(12,13)14/h2-7,10,19H,1H3. The minimum atomic E-state index is -4.74. The number of benzene rings is 1. The van der Waals surface area contributed by atoms with Gasteiger partial charge in [-0.2, -0.15) is 4.80 Å². The van der Waals surface area contributed by atoms with Crippen molar-refractivity contribution in [2.45, 2.75) is 25.4 Å². The van der Waals surface area contributed by atoms with Gasteiger partial charge in [0.25, 0.3) is 0 Å². The van der Waals surface area contributed by atoms with Crippen molar-refractivity contribution < 1.29 is 23.0 Å². The summed E-state index contributed by atoms with van der Waals surface area (Å²) in [5.74, 6) is -0.347. The lowest BCUT2D eigenvalue weighted by molar-refractivity contribution is -0.274. The molecule has 1 aromatic carbocycles. The third kappa shape index (κ3) is 3.44. The highest BCUT2D eigenvalue weighted by Crippen LogP contribution is 2.28. The van der Waals surface area contributed by atoms with Gasteiger partial charge in [0.1, 0.15) is 17.9 Å². The lowest BCUT2D eigenvalue weighted by atomic mass is 10.0. The lowest BCUT2D eigenvalue weighted by Crippen LogP contribution is -2.18. The molecule has 0 aliphatic rings. The van der Waals surface area contributed by atoms with Crippen molar-refractivity contribution in [3.63, 3.8) is 0 Å². The van der Waals surface area contributed by atoms with Crippen LogP contribution >= 0.6 is 0 Å². The Bertz CT molecular complexity index is 542. The highest BCUT2D eigenvalue weighted by molar-refractivity contribution is 5.29. The van der Waals surface area contributed by atoms with E-state index in [1.807, 2.05) is 0 Å². The van der Waals surface area contributed by atoms with Crippen LogP contribution in [-0.4, -0.2) is 31.7 Å². The molecule has 2 rings (SSSR count). The maximum Gasteiger partial charge on any atom is 0.573 e. The van der Waals surface area contributed by atoms with Crippen molar-refractivity contribution >= 4 is 0 Å². The van der Waals surface area contributed by atoms with Gasteiger partial charge < -0.3 is 9.84 Å². The number of rotatable bonds is 4. The Morgan fingerprint density at radius 3 is 2.40 bits per heavy atom. The fraction of sp³-hybridized carbons (Fsp3) is 0.364. The summed E-state index contributed by atoms with van der Waals surface area (Å²) in [4.78, 5) is 1.21. The van der Waals surface area contributed by atoms with E-state index < -0.39 is 18.5 Å². The van der Waals surface area contributed by atoms with E-state index in [2.05, 4.69) is 20.1 Å². The van der Waals surface area contributed by atoms with E-state index >= 15 is 0 Å². The molecule has 0 bridgehead atoms. The molecular formula is C11H11F3N4O2. The van der Waals surface area contributed by atoms with Crippen LogP contribution < -0.4 is 4.74 Å². The van der Waals surface area contributed by atoms with E-state index in [0.29, 0.717) is 5.56 Å². The predicted octanol–water partition coefficient (Wildman–Crippen LogP) is 1.87. The normalized spacial score (nSPS) is 14.8. The van der Waals surface area contributed by atoms with Crippen LogP contribution in [0, 0.1) is 0 Å². The quantitative estimate of drug-likeness (QED) is 0.929. The van der Waals surface area contributed by atoms with Gasteiger partial charge in [-0.3, -0.25) is 0 Å². The number of hydrogen-bond donors (Lipinski definition) is 1. The Balaban J connectivity index is 2.09. The van der Waals surface area contributed by atoms with Crippen LogP contribution in [0.2, 0.25) is 0 Å². The summed E-state index contributed by atoms with van der Waals surface area (Å²) in [6.07, 6.45) is -4.49. The number of aliphatic hydroxyl groups excluding tert-OH is 1. The molecule has 6 nitrogen and oxygen atoms in total. The Morgan fingerprint density at radius 1 is 1.25 bits per heavy atom. The molecule has 1 heterocycles. The number of tetrazole rings is 1. The predicted molar refractivity (Wildman–Crippen MR) is 60.6 cm³/mol. The minimum absolute atomic E-state index is 0.347. The zero-order valence-corrected chi connectivity index (χ0v) is 10.3. The van der Waals surface area contributed by atoms with E-state index in [1.165, 1.54) is 23.3 Å². The van der Waals surface area contributed by atoms with Gasteiger partial charge in [0.15, 0.2) is 6.33 Å². The van der Waals surface area contributed by atoms with Gasteiger partial charge in [0.05, 0.1) is 0 Å². The molecule has 0 aliphatic heterocycles. The van der Waals surface area contributed by atoms with E-state index in [4.69, 9.17) is 0 Å². The first-order valence-corrected chi connectivity index (χ1v) is 5.63. The number of aliphatic hydroxyl groups is 1. The van der Waals surface area contributed by atoms with E-state index in [0.717, 1.165) is 12.1 Å². The zero-order chi connectivity index (χ0) is 14.8. The molecule has 108 valence electrons. The third-order valence-corrected chi connectivity index (χ3v) is 2.64. The number of ether oxygens (including phenoxy) is 1. The number of nitrogens with zero attached hydrogens (tertiary/aromatic N) is 4. The summed E-state index contributed by atoms with van der Waals surface area (Å²) in [6, 6.07) is 4.45. The maximum absolute atomic E-state index is 12.0. The molecule has 9 heteroatoms. The first-order valence-electron chi connectivity index (χ1n) is 5.63. The van der Waals surface area contributed by atoms with Gasteiger partial charge in [-0.15, -0.1) is 23.4 Å². The molecule has 1 N–H and O–H groups in total. The molecule has 0 amide bonds. The molecule has 2 atom stereocenters. The van der Waals surface area contributed by atoms with Crippen molar-refractivity contribution in [1.82, 2.24) is 20.2 Å². The second kappa shape index (κ2) is 5.45. The van der Waals surface area contributed by atoms with Crippen molar-refractivity contribution in [3.05, 3.63) is 36.2 Å². The first kappa shape index (κ1) is 14.3. The molecule has 2 aromatic rings. The van der Waals surface area contributed by atoms with Crippen LogP contribution in [0.25, 0.3) is 0 Å². The van der Waals surface area contributed by atoms with Gasteiger partial charge in [0, 0.05) is 0 Å². The van der Waals surface area contributed by atoms with Crippen molar-refractivity contribution in [2.75, 3.05) is 0 Å². The zero-order valence-electron chi connectivity index (χ0n) is 10.3. The fourth-order valence-corrected chi connectivity index (χ4v) is 1.63. The largest absolute Gasteiger partial charge is 0.573 e. The van der Waals surface area contributed by atoms with Gasteiger partial charge in [-0.1, -0.05) is 12.1 Å². The summed E-state index contributed by atoms with van der Waals surface area (Å²) < 4.78 is 39.8. The third-order valence-electron chi connectivity index (χ3n) is 2.64. The molecule has 0 saturated carbocycles. The summed E-state index contributed by atoms with van der Waals surface area (Å²) in [6.45, 7) is 1.66. The molecule has 0 aliphatic carbocycles. The Labute approximate surface area is 111 Å². The SMILES string of the molecule is CC(C(O)c1ccc(OC(F)(F)F)cc1)n1ncnn1. The molecule has 20 heavy (non-hydrogen) atoms. The monoisotopic (exact) mass is 288 g/mol. The average Bonchev–Trinajstić information content (AvgIpc) is 2.90. The molecule has 0 radical (unpaired) electrons. The van der Waals surface area contributed by atoms with Crippen molar-refractivity contribution in [3.8, 4) is 5.75 Å². The fourth-order valence-electron chi connectivity index (χ4n) is 1.63. The van der Waals surface area contributed by atoms with Crippen LogP contribution in [0.4, 0.5) is 13.2 Å². The molecular weight excluding hydrogens is 277 g/mol. The van der Waals surface area contributed by atoms with Gasteiger partial charge >= 0.3 is 6.36 Å². The second-order valence-corrected chi connectivity index (χ2v) is 4.06. The Hall–Kier alpha value is -2.16. The molecule has 0 saturated heterocycles. The van der Waals surface area contributed by atoms with Gasteiger partial charge in [-0.05, 0) is 29.8 Å². The second-order valence-electron chi connectivity index (χ2n) is 4.06. The van der Waals surface area contributed by atoms with Crippen molar-refractivity contribution in [2.24, 2.45) is 0 Å². The number of hydrogen-bond acceptors (Lipinski definition) is 5. The summed E-state index contributed by atoms with van der Waals surface area (Å²) in [5, 5.41) is 21.1. The van der Waals surface area contributed by atoms with Gasteiger partial charge in [-0.25, -0.2) is 0 Å². The maximum atomic E-state index is 12.0. The van der Waals surface area contributed by atoms with E-state index in [-0.39, 0.29) is 5.75 Å². The highest BCUT2D eigenvalue weighted by Gasteiger charge is 2.31. The summed E-state index contributed by atoms with van der Waals surface area (Å²) in [5.41, 5.74) is 0.421. The smallest absolute Gasteiger partial charge is 0.406 e. The van der Waals surface area contributed by atoms with Crippen LogP contribution in [0.1, 0.15) is 24.6 Å². The molecule has 0 spiro atoms. The highest BCUT2D eigenvalue weighted by atomic mass is 19.4. The summed E-state index contributed by atoms with van der Waals surface area (Å²) in [7, 11) is 0. The van der Waals surface area contributed by atoms with Gasteiger partial charge in [0.2, 0.25) is 0 Å². The number of alkyl halides is 3. The first-order chi connectivity index (χ1) is 9.37. The van der Waals surface area contributed by atoms with Crippen LogP contribution in [0.3, 0.4) is 0 Å². The Morgan fingerprint density at radius 2 is 1.90 bits per heavy atom. The number of aromatic nitrogens is 4. The minimum Gasteiger partial charge on any atom is -0.406 e. The van der Waals surface area contributed by atoms with E-state index in [1.54, 1.807) is 6.92 Å². The van der Waals surface area contributed by atoms with E-state index in [9.17, 15) is 18.3 Å². The van der Waals surface area contributed by atoms with Crippen molar-refractivity contribution in [1.29, 1.82) is 0 Å².